The predicted molar refractivity (Wildman–Crippen MR) is 46.5 cm³/mol. The molecule has 0 aromatic carbocycles. The topological polar surface area (TPSA) is 44.8 Å². The first-order chi connectivity index (χ1) is 4.70. The van der Waals surface area contributed by atoms with Crippen molar-refractivity contribution < 1.29 is 17.4 Å². The summed E-state index contributed by atoms with van der Waals surface area (Å²) in [6, 6.07) is 0. The molecule has 6 heteroatoms. The van der Waals surface area contributed by atoms with Crippen LogP contribution in [0.5, 0.6) is 0 Å². The van der Waals surface area contributed by atoms with Gasteiger partial charge in [0.1, 0.15) is 0 Å². The lowest BCUT2D eigenvalue weighted by Crippen LogP contribution is -2.30. The third-order valence-electron chi connectivity index (χ3n) is 0.948. The van der Waals surface area contributed by atoms with Crippen molar-refractivity contribution in [1.82, 2.24) is 0 Å². The zero-order valence-electron chi connectivity index (χ0n) is 7.42. The third-order valence-corrected chi connectivity index (χ3v) is 6.16. The van der Waals surface area contributed by atoms with E-state index in [2.05, 4.69) is 0 Å². The van der Waals surface area contributed by atoms with Gasteiger partial charge in [-0.05, 0) is 0 Å². The van der Waals surface area contributed by atoms with Gasteiger partial charge in [-0.1, -0.05) is 7.43 Å². The lowest BCUT2D eigenvalue weighted by atomic mass is 10.9. The summed E-state index contributed by atoms with van der Waals surface area (Å²) in [6.07, 6.45) is 0. The Labute approximate surface area is 75.2 Å². The van der Waals surface area contributed by atoms with Crippen LogP contribution in [-0.4, -0.2) is 42.9 Å². The fourth-order valence-corrected chi connectivity index (χ4v) is 3.18. The first-order valence-corrected chi connectivity index (χ1v) is 7.68. The van der Waals surface area contributed by atoms with Crippen LogP contribution >= 0.6 is 0 Å². The molecule has 0 spiro atoms. The minimum Gasteiger partial charge on any atom is -0.618 e. The molecule has 0 unspecified atom stereocenters. The van der Waals surface area contributed by atoms with Gasteiger partial charge in [0.05, 0.1) is 0 Å². The second-order valence-electron chi connectivity index (χ2n) is 1.70. The van der Waals surface area contributed by atoms with Crippen LogP contribution < -0.4 is 0 Å². The van der Waals surface area contributed by atoms with E-state index < -0.39 is 22.8 Å². The summed E-state index contributed by atoms with van der Waals surface area (Å²) in [7, 11) is 1.61. The number of hydrogen-bond donors (Lipinski definition) is 0. The molecule has 0 bridgehead atoms. The average Bonchev–Trinajstić information content (AvgIpc) is 1.90. The first kappa shape index (κ1) is 13.7. The Balaban J connectivity index is 0. The Hall–Kier alpha value is 0.139. The first-order valence-electron chi connectivity index (χ1n) is 2.89. The van der Waals surface area contributed by atoms with Gasteiger partial charge < -0.3 is 12.6 Å². The van der Waals surface area contributed by atoms with Crippen LogP contribution in [0.1, 0.15) is 6.92 Å². The highest BCUT2D eigenvalue weighted by Gasteiger charge is 2.17. The van der Waals surface area contributed by atoms with Crippen LogP contribution in [0.3, 0.4) is 0 Å². The molecule has 0 fully saturated rings. The highest BCUT2D eigenvalue weighted by Crippen LogP contribution is 1.83. The van der Waals surface area contributed by atoms with Gasteiger partial charge in [-0.15, -0.1) is 0 Å². The second kappa shape index (κ2) is 8.24. The average molecular weight is 193 g/mol. The van der Waals surface area contributed by atoms with E-state index in [4.69, 9.17) is 12.6 Å². The van der Waals surface area contributed by atoms with E-state index in [0.717, 1.165) is 0 Å². The van der Waals surface area contributed by atoms with Gasteiger partial charge in [0.15, 0.2) is 0 Å². The van der Waals surface area contributed by atoms with E-state index in [0.29, 0.717) is 0 Å². The smallest absolute Gasteiger partial charge is 0.576 e. The largest absolute Gasteiger partial charge is 0.618 e. The summed E-state index contributed by atoms with van der Waals surface area (Å²) in [6.45, 7) is 1.39. The maximum Gasteiger partial charge on any atom is 0.576 e. The van der Waals surface area contributed by atoms with Crippen LogP contribution in [0.2, 0.25) is 0 Å². The monoisotopic (exact) mass is 193 g/mol. The Kier molecular flexibility index (Phi) is 10.3. The quantitative estimate of drug-likeness (QED) is 0.557. The zero-order chi connectivity index (χ0) is 7.98. The van der Waals surface area contributed by atoms with Crippen LogP contribution in [0, 0.1) is 7.43 Å². The van der Waals surface area contributed by atoms with Crippen molar-refractivity contribution >= 4 is 28.7 Å². The standard InChI is InChI=1S/C2H7O2Si.C2H4O2.CH3.Al.H/c1-3-5-4-2;1-2(3)4;;;/h5H,1-2H3;1H3,(H,3,4);1H3;;/q;;;+1;/p-1. The van der Waals surface area contributed by atoms with E-state index in [-0.39, 0.29) is 13.4 Å². The normalized spacial score (nSPS) is 8.73. The number of rotatable bonds is 4. The fraction of sp³-hybridized carbons (Fsp3) is 0.600. The summed E-state index contributed by atoms with van der Waals surface area (Å²) in [5, 5.41) is 0. The number of carbonyl (C=O) groups is 1. The van der Waals surface area contributed by atoms with Gasteiger partial charge >= 0.3 is 14.9 Å². The summed E-state index contributed by atoms with van der Waals surface area (Å²) in [4.78, 5) is 10.3. The molecule has 0 heterocycles. The minimum atomic E-state index is -1.55. The lowest BCUT2D eigenvalue weighted by molar-refractivity contribution is -0.131. The molecule has 65 valence electrons. The van der Waals surface area contributed by atoms with Crippen molar-refractivity contribution in [2.45, 2.75) is 6.92 Å². The fourth-order valence-electron chi connectivity index (χ4n) is 0.418. The van der Waals surface area contributed by atoms with Crippen LogP contribution in [-0.2, 0) is 17.4 Å². The van der Waals surface area contributed by atoms with E-state index in [1.807, 2.05) is 0 Å². The molecule has 1 radical (unpaired) electrons. The van der Waals surface area contributed by atoms with Crippen molar-refractivity contribution in [2.75, 3.05) is 14.2 Å². The molecule has 0 rings (SSSR count). The molecular weight excluding hydrogens is 179 g/mol. The van der Waals surface area contributed by atoms with Crippen LogP contribution in [0.15, 0.2) is 0 Å². The van der Waals surface area contributed by atoms with E-state index in [1.54, 1.807) is 14.2 Å². The minimum absolute atomic E-state index is 0. The Bertz CT molecular complexity index is 107. The summed E-state index contributed by atoms with van der Waals surface area (Å²) in [5.41, 5.74) is 0. The third kappa shape index (κ3) is 8.04. The molecule has 0 saturated heterocycles. The van der Waals surface area contributed by atoms with E-state index >= 15 is 0 Å². The Morgan fingerprint density at radius 3 is 2.09 bits per heavy atom. The highest BCUT2D eigenvalue weighted by atomic mass is 28.8. The van der Waals surface area contributed by atoms with E-state index in [1.165, 1.54) is 6.92 Å². The zero-order valence-corrected chi connectivity index (χ0v) is 9.99. The molecule has 0 saturated carbocycles. The predicted octanol–water partition coefficient (Wildman–Crippen LogP) is -0.639. The molecule has 0 aliphatic carbocycles. The summed E-state index contributed by atoms with van der Waals surface area (Å²) < 4.78 is 14.7. The number of hydrogen-bond acceptors (Lipinski definition) is 4. The molecule has 4 nitrogen and oxygen atoms in total. The van der Waals surface area contributed by atoms with Crippen LogP contribution in [0.4, 0.5) is 0 Å². The molecular formula is C5H14AlO4Si. The van der Waals surface area contributed by atoms with E-state index in [9.17, 15) is 4.79 Å². The maximum atomic E-state index is 10.3. The van der Waals surface area contributed by atoms with Crippen molar-refractivity contribution in [3.05, 3.63) is 7.43 Å². The lowest BCUT2D eigenvalue weighted by Gasteiger charge is -2.07. The molecule has 0 aromatic rings. The molecule has 11 heavy (non-hydrogen) atoms. The summed E-state index contributed by atoms with van der Waals surface area (Å²) in [5.74, 6) is -0.238. The Morgan fingerprint density at radius 1 is 1.36 bits per heavy atom. The highest BCUT2D eigenvalue weighted by molar-refractivity contribution is 7.03. The van der Waals surface area contributed by atoms with Gasteiger partial charge in [-0.25, -0.2) is 0 Å². The maximum absolute atomic E-state index is 10.3. The molecule has 0 aromatic heterocycles. The molecule has 0 amide bonds. The summed E-state index contributed by atoms with van der Waals surface area (Å²) >= 11 is -0.877. The van der Waals surface area contributed by atoms with Crippen molar-refractivity contribution in [1.29, 1.82) is 0 Å². The van der Waals surface area contributed by atoms with Crippen molar-refractivity contribution in [2.24, 2.45) is 0 Å². The molecule has 0 aliphatic heterocycles. The number of carbonyl (C=O) groups excluding carboxylic acids is 1. The van der Waals surface area contributed by atoms with Crippen LogP contribution in [0.25, 0.3) is 0 Å². The van der Waals surface area contributed by atoms with Gasteiger partial charge in [-0.3, -0.25) is 4.79 Å². The molecule has 0 aliphatic rings. The Morgan fingerprint density at radius 2 is 1.82 bits per heavy atom. The second-order valence-corrected chi connectivity index (χ2v) is 7.13. The van der Waals surface area contributed by atoms with Gasteiger partial charge in [-0.2, -0.15) is 0 Å². The van der Waals surface area contributed by atoms with Gasteiger partial charge in [0.2, 0.25) is 0 Å². The van der Waals surface area contributed by atoms with Crippen molar-refractivity contribution in [3.63, 3.8) is 0 Å². The van der Waals surface area contributed by atoms with Crippen molar-refractivity contribution in [3.8, 4) is 0 Å². The SMILES string of the molecule is CO[SiH](OC)[AlH][O]C(C)=O.[CH3]. The van der Waals surface area contributed by atoms with Gasteiger partial charge in [0.25, 0.3) is 13.8 Å². The molecule has 0 atom stereocenters. The van der Waals surface area contributed by atoms with Gasteiger partial charge in [0, 0.05) is 21.1 Å². The molecule has 0 N–H and O–H groups in total.